The van der Waals surface area contributed by atoms with Crippen LogP contribution in [-0.2, 0) is 6.42 Å². The van der Waals surface area contributed by atoms with Crippen LogP contribution < -0.4 is 20.7 Å². The number of ether oxygens (including phenoxy) is 1. The SMILES string of the molecule is CNc1cc(F)cc2c1Cc1nc(Oc3cnc(C(C)C)nc3)nc(N3CCC4CC(N)C4C3)c1-2. The average molecular weight is 476 g/mol. The molecule has 1 saturated heterocycles. The van der Waals surface area contributed by atoms with E-state index in [1.165, 1.54) is 6.07 Å². The van der Waals surface area contributed by atoms with E-state index in [0.29, 0.717) is 24.0 Å². The molecule has 35 heavy (non-hydrogen) atoms. The van der Waals surface area contributed by atoms with Crippen molar-refractivity contribution in [3.8, 4) is 22.9 Å². The third-order valence-electron chi connectivity index (χ3n) is 7.65. The van der Waals surface area contributed by atoms with Gasteiger partial charge in [0, 0.05) is 49.8 Å². The van der Waals surface area contributed by atoms with Crippen LogP contribution in [-0.4, -0.2) is 46.1 Å². The van der Waals surface area contributed by atoms with Crippen LogP contribution >= 0.6 is 0 Å². The number of aromatic nitrogens is 4. The maximum atomic E-state index is 14.6. The highest BCUT2D eigenvalue weighted by molar-refractivity contribution is 5.88. The molecule has 0 spiro atoms. The third-order valence-corrected chi connectivity index (χ3v) is 7.65. The molecule has 2 aliphatic carbocycles. The number of halogens is 1. The molecule has 1 aliphatic heterocycles. The molecule has 9 heteroatoms. The van der Waals surface area contributed by atoms with E-state index in [1.54, 1.807) is 18.5 Å². The minimum absolute atomic E-state index is 0.227. The van der Waals surface area contributed by atoms with Gasteiger partial charge in [-0.1, -0.05) is 13.8 Å². The Hall–Kier alpha value is -3.33. The van der Waals surface area contributed by atoms with Gasteiger partial charge in [-0.3, -0.25) is 0 Å². The van der Waals surface area contributed by atoms with Crippen LogP contribution in [0.2, 0.25) is 0 Å². The van der Waals surface area contributed by atoms with E-state index < -0.39 is 0 Å². The van der Waals surface area contributed by atoms with Crippen LogP contribution in [0.4, 0.5) is 15.9 Å². The maximum absolute atomic E-state index is 14.6. The van der Waals surface area contributed by atoms with E-state index in [9.17, 15) is 4.39 Å². The standard InChI is InChI=1S/C26H30FN7O/c1-13(2)24-30-10-16(11-31-24)35-26-32-22-9-17-18(7-15(27)8-21(17)29-3)23(22)25(33-26)34-5-4-14-6-20(28)19(14)12-34/h7-8,10-11,13-14,19-20,29H,4-6,9,12,28H2,1-3H3. The molecule has 182 valence electrons. The lowest BCUT2D eigenvalue weighted by molar-refractivity contribution is 0.110. The fraction of sp³-hybridized carbons (Fsp3) is 0.462. The average Bonchev–Trinajstić information content (AvgIpc) is 3.21. The number of anilines is 2. The summed E-state index contributed by atoms with van der Waals surface area (Å²) in [7, 11) is 1.81. The van der Waals surface area contributed by atoms with Gasteiger partial charge in [0.05, 0.1) is 18.1 Å². The van der Waals surface area contributed by atoms with Crippen molar-refractivity contribution in [2.24, 2.45) is 17.6 Å². The molecule has 0 amide bonds. The molecular weight excluding hydrogens is 445 g/mol. The Morgan fingerprint density at radius 3 is 2.71 bits per heavy atom. The van der Waals surface area contributed by atoms with Crippen LogP contribution in [0.5, 0.6) is 11.8 Å². The highest BCUT2D eigenvalue weighted by Crippen LogP contribution is 2.48. The smallest absolute Gasteiger partial charge is 0.324 e. The first kappa shape index (κ1) is 22.2. The molecule has 3 atom stereocenters. The van der Waals surface area contributed by atoms with Crippen molar-refractivity contribution in [3.63, 3.8) is 0 Å². The molecule has 3 heterocycles. The monoisotopic (exact) mass is 475 g/mol. The summed E-state index contributed by atoms with van der Waals surface area (Å²) >= 11 is 0. The summed E-state index contributed by atoms with van der Waals surface area (Å²) in [6, 6.07) is 3.60. The molecule has 0 bridgehead atoms. The number of nitrogens with two attached hydrogens (primary N) is 1. The summed E-state index contributed by atoms with van der Waals surface area (Å²) < 4.78 is 20.6. The molecule has 1 saturated carbocycles. The topological polar surface area (TPSA) is 102 Å². The van der Waals surface area contributed by atoms with Crippen LogP contribution in [0.3, 0.4) is 0 Å². The van der Waals surface area contributed by atoms with Gasteiger partial charge >= 0.3 is 6.01 Å². The van der Waals surface area contributed by atoms with Crippen molar-refractivity contribution < 1.29 is 9.13 Å². The second kappa shape index (κ2) is 8.41. The highest BCUT2D eigenvalue weighted by atomic mass is 19.1. The molecule has 6 rings (SSSR count). The molecule has 3 aliphatic rings. The van der Waals surface area contributed by atoms with Gasteiger partial charge in [-0.2, -0.15) is 9.97 Å². The second-order valence-electron chi connectivity index (χ2n) is 10.1. The molecule has 8 nitrogen and oxygen atoms in total. The summed E-state index contributed by atoms with van der Waals surface area (Å²) in [5, 5.41) is 3.13. The summed E-state index contributed by atoms with van der Waals surface area (Å²) in [6.45, 7) is 5.81. The predicted molar refractivity (Wildman–Crippen MR) is 132 cm³/mol. The van der Waals surface area contributed by atoms with Crippen molar-refractivity contribution in [2.75, 3.05) is 30.4 Å². The molecule has 3 N–H and O–H groups in total. The predicted octanol–water partition coefficient (Wildman–Crippen LogP) is 4.11. The highest BCUT2D eigenvalue weighted by Gasteiger charge is 2.43. The van der Waals surface area contributed by atoms with E-state index in [1.807, 2.05) is 20.9 Å². The number of piperidine rings is 1. The van der Waals surface area contributed by atoms with E-state index >= 15 is 0 Å². The summed E-state index contributed by atoms with van der Waals surface area (Å²) in [5.74, 6) is 3.11. The zero-order valence-corrected chi connectivity index (χ0v) is 20.3. The number of fused-ring (bicyclic) bond motifs is 4. The van der Waals surface area contributed by atoms with Gasteiger partial charge in [-0.25, -0.2) is 14.4 Å². The van der Waals surface area contributed by atoms with E-state index in [4.69, 9.17) is 20.4 Å². The van der Waals surface area contributed by atoms with E-state index in [0.717, 1.165) is 65.6 Å². The molecule has 2 aromatic heterocycles. The molecular formula is C26H30FN7O. The maximum Gasteiger partial charge on any atom is 0.324 e. The van der Waals surface area contributed by atoms with Crippen molar-refractivity contribution in [2.45, 2.75) is 45.1 Å². The van der Waals surface area contributed by atoms with Crippen molar-refractivity contribution in [3.05, 3.63) is 47.4 Å². The summed E-state index contributed by atoms with van der Waals surface area (Å²) in [5.41, 5.74) is 10.7. The first-order valence-corrected chi connectivity index (χ1v) is 12.3. The quantitative estimate of drug-likeness (QED) is 0.445. The lowest BCUT2D eigenvalue weighted by Crippen LogP contribution is -2.57. The lowest BCUT2D eigenvalue weighted by Gasteiger charge is -2.50. The Balaban J connectivity index is 1.42. The number of nitrogens with zero attached hydrogens (tertiary/aromatic N) is 5. The number of benzene rings is 1. The normalized spacial score (nSPS) is 22.3. The van der Waals surface area contributed by atoms with E-state index in [-0.39, 0.29) is 23.8 Å². The van der Waals surface area contributed by atoms with Crippen LogP contribution in [0.15, 0.2) is 24.5 Å². The van der Waals surface area contributed by atoms with Crippen LogP contribution in [0.25, 0.3) is 11.1 Å². The van der Waals surface area contributed by atoms with Gasteiger partial charge in [0.15, 0.2) is 5.75 Å². The lowest BCUT2D eigenvalue weighted by atomic mass is 9.66. The first-order chi connectivity index (χ1) is 16.9. The zero-order valence-electron chi connectivity index (χ0n) is 20.3. The number of rotatable bonds is 5. The number of nitrogens with one attached hydrogen (secondary N) is 1. The van der Waals surface area contributed by atoms with Gasteiger partial charge in [0.1, 0.15) is 17.5 Å². The Labute approximate surface area is 204 Å². The fourth-order valence-electron chi connectivity index (χ4n) is 5.70. The van der Waals surface area contributed by atoms with E-state index in [2.05, 4.69) is 20.2 Å². The number of hydrogen-bond donors (Lipinski definition) is 2. The van der Waals surface area contributed by atoms with Gasteiger partial charge in [-0.15, -0.1) is 0 Å². The van der Waals surface area contributed by atoms with Crippen LogP contribution in [0, 0.1) is 17.7 Å². The Bertz CT molecular complexity index is 1280. The molecule has 0 radical (unpaired) electrons. The van der Waals surface area contributed by atoms with Gasteiger partial charge < -0.3 is 20.7 Å². The van der Waals surface area contributed by atoms with Gasteiger partial charge in [0.25, 0.3) is 0 Å². The van der Waals surface area contributed by atoms with Crippen molar-refractivity contribution in [1.29, 1.82) is 0 Å². The van der Waals surface area contributed by atoms with Crippen molar-refractivity contribution >= 4 is 11.5 Å². The first-order valence-electron chi connectivity index (χ1n) is 12.3. The minimum Gasteiger partial charge on any atom is -0.421 e. The molecule has 3 unspecified atom stereocenters. The molecule has 2 fully saturated rings. The zero-order chi connectivity index (χ0) is 24.3. The molecule has 1 aromatic carbocycles. The van der Waals surface area contributed by atoms with Gasteiger partial charge in [0.2, 0.25) is 0 Å². The Kier molecular flexibility index (Phi) is 5.32. The Morgan fingerprint density at radius 1 is 1.20 bits per heavy atom. The van der Waals surface area contributed by atoms with Crippen molar-refractivity contribution in [1.82, 2.24) is 19.9 Å². The summed E-state index contributed by atoms with van der Waals surface area (Å²) in [4.78, 5) is 20.7. The second-order valence-corrected chi connectivity index (χ2v) is 10.1. The van der Waals surface area contributed by atoms with Crippen LogP contribution in [0.1, 0.15) is 49.7 Å². The number of hydrogen-bond acceptors (Lipinski definition) is 8. The molecule has 3 aromatic rings. The van der Waals surface area contributed by atoms with Gasteiger partial charge in [-0.05, 0) is 47.9 Å². The fourth-order valence-corrected chi connectivity index (χ4v) is 5.70. The third kappa shape index (κ3) is 3.78. The minimum atomic E-state index is -0.283. The largest absolute Gasteiger partial charge is 0.421 e. The summed E-state index contributed by atoms with van der Waals surface area (Å²) in [6.07, 6.45) is 6.06. The Morgan fingerprint density at radius 2 is 2.00 bits per heavy atom.